The molecule has 6 nitrogen and oxygen atoms in total. The highest BCUT2D eigenvalue weighted by atomic mass is 127. The molecule has 2 saturated heterocycles. The van der Waals surface area contributed by atoms with Crippen LogP contribution in [0.2, 0.25) is 0 Å². The average Bonchev–Trinajstić information content (AvgIpc) is 3.38. The Morgan fingerprint density at radius 3 is 2.77 bits per heavy atom. The second-order valence-corrected chi connectivity index (χ2v) is 8.79. The molecule has 1 aliphatic carbocycles. The van der Waals surface area contributed by atoms with E-state index in [4.69, 9.17) is 4.99 Å². The van der Waals surface area contributed by atoms with Crippen LogP contribution in [0, 0.1) is 0 Å². The first kappa shape index (κ1) is 23.3. The molecular formula is C23H36IN5O. The van der Waals surface area contributed by atoms with E-state index in [1.54, 1.807) is 0 Å². The molecule has 1 amide bonds. The molecule has 0 bridgehead atoms. The smallest absolute Gasteiger partial charge is 0.222 e. The minimum Gasteiger partial charge on any atom is -0.357 e. The lowest BCUT2D eigenvalue weighted by Crippen LogP contribution is -2.44. The van der Waals surface area contributed by atoms with E-state index < -0.39 is 0 Å². The Bertz CT molecular complexity index is 751. The minimum absolute atomic E-state index is 0. The van der Waals surface area contributed by atoms with Crippen LogP contribution in [0.25, 0.3) is 0 Å². The third-order valence-corrected chi connectivity index (χ3v) is 6.28. The molecule has 2 atom stereocenters. The lowest BCUT2D eigenvalue weighted by molar-refractivity contribution is -0.128. The van der Waals surface area contributed by atoms with Crippen molar-refractivity contribution in [2.45, 2.75) is 77.2 Å². The number of likely N-dealkylation sites (tertiary alicyclic amines) is 2. The molecule has 1 saturated carbocycles. The number of rotatable bonds is 7. The highest BCUT2D eigenvalue weighted by Crippen LogP contribution is 2.33. The molecule has 0 spiro atoms. The maximum Gasteiger partial charge on any atom is 0.222 e. The van der Waals surface area contributed by atoms with Gasteiger partial charge in [-0.25, -0.2) is 4.99 Å². The van der Waals surface area contributed by atoms with Crippen LogP contribution in [-0.4, -0.2) is 59.4 Å². The van der Waals surface area contributed by atoms with Gasteiger partial charge in [-0.15, -0.1) is 24.0 Å². The van der Waals surface area contributed by atoms with Gasteiger partial charge in [0.2, 0.25) is 5.91 Å². The number of hydrogen-bond donors (Lipinski definition) is 2. The van der Waals surface area contributed by atoms with Gasteiger partial charge in [-0.05, 0) is 50.7 Å². The van der Waals surface area contributed by atoms with Crippen molar-refractivity contribution in [3.05, 3.63) is 35.4 Å². The number of guanidine groups is 1. The zero-order chi connectivity index (χ0) is 20.2. The van der Waals surface area contributed by atoms with Crippen molar-refractivity contribution in [1.82, 2.24) is 20.4 Å². The highest BCUT2D eigenvalue weighted by Gasteiger charge is 2.38. The molecule has 2 heterocycles. The van der Waals surface area contributed by atoms with Gasteiger partial charge < -0.3 is 15.5 Å². The van der Waals surface area contributed by atoms with E-state index >= 15 is 0 Å². The van der Waals surface area contributed by atoms with Gasteiger partial charge in [0.25, 0.3) is 0 Å². The summed E-state index contributed by atoms with van der Waals surface area (Å²) in [7, 11) is 0. The molecule has 2 unspecified atom stereocenters. The molecule has 3 aliphatic rings. The van der Waals surface area contributed by atoms with E-state index in [2.05, 4.69) is 53.6 Å². The third kappa shape index (κ3) is 6.09. The Balaban J connectivity index is 0.00000256. The quantitative estimate of drug-likeness (QED) is 0.327. The zero-order valence-corrected chi connectivity index (χ0v) is 20.6. The van der Waals surface area contributed by atoms with Gasteiger partial charge in [-0.3, -0.25) is 9.69 Å². The fourth-order valence-corrected chi connectivity index (χ4v) is 4.68. The molecule has 4 rings (SSSR count). The van der Waals surface area contributed by atoms with E-state index in [0.29, 0.717) is 31.6 Å². The predicted octanol–water partition coefficient (Wildman–Crippen LogP) is 3.11. The van der Waals surface area contributed by atoms with Gasteiger partial charge in [0.15, 0.2) is 5.96 Å². The molecule has 166 valence electrons. The molecule has 2 N–H and O–H groups in total. The third-order valence-electron chi connectivity index (χ3n) is 6.28. The first-order chi connectivity index (χ1) is 14.1. The number of nitrogens with one attached hydrogen (secondary N) is 2. The van der Waals surface area contributed by atoms with E-state index in [0.717, 1.165) is 38.1 Å². The topological polar surface area (TPSA) is 60.0 Å². The molecule has 1 aromatic rings. The van der Waals surface area contributed by atoms with Gasteiger partial charge in [0, 0.05) is 50.7 Å². The van der Waals surface area contributed by atoms with Gasteiger partial charge in [0.05, 0.1) is 6.54 Å². The lowest BCUT2D eigenvalue weighted by Gasteiger charge is -2.20. The standard InChI is InChI=1S/C23H35N5O.HI/c1-3-24-23(26-20-12-17(2)28(16-20)21-9-10-21)25-14-18-6-4-7-19(13-18)15-27-11-5-8-22(27)29;/h4,6-7,13,17,20-21H,3,5,8-12,14-16H2,1-2H3,(H2,24,25,26);1H. The fraction of sp³-hybridized carbons (Fsp3) is 0.652. The summed E-state index contributed by atoms with van der Waals surface area (Å²) in [5.74, 6) is 1.18. The van der Waals surface area contributed by atoms with Crippen LogP contribution in [0.15, 0.2) is 29.3 Å². The lowest BCUT2D eigenvalue weighted by atomic mass is 10.1. The fourth-order valence-electron chi connectivity index (χ4n) is 4.68. The Morgan fingerprint density at radius 1 is 1.27 bits per heavy atom. The summed E-state index contributed by atoms with van der Waals surface area (Å²) < 4.78 is 0. The van der Waals surface area contributed by atoms with Crippen molar-refractivity contribution < 1.29 is 4.79 Å². The normalized spacial score (nSPS) is 24.8. The van der Waals surface area contributed by atoms with Gasteiger partial charge in [-0.2, -0.15) is 0 Å². The summed E-state index contributed by atoms with van der Waals surface area (Å²) in [4.78, 5) is 21.3. The first-order valence-corrected chi connectivity index (χ1v) is 11.3. The second-order valence-electron chi connectivity index (χ2n) is 8.79. The monoisotopic (exact) mass is 525 g/mol. The Labute approximate surface area is 197 Å². The van der Waals surface area contributed by atoms with Crippen molar-refractivity contribution in [1.29, 1.82) is 0 Å². The Hall–Kier alpha value is -1.35. The molecule has 0 radical (unpaired) electrons. The zero-order valence-electron chi connectivity index (χ0n) is 18.3. The number of halogens is 1. The van der Waals surface area contributed by atoms with Crippen LogP contribution in [0.5, 0.6) is 0 Å². The first-order valence-electron chi connectivity index (χ1n) is 11.3. The van der Waals surface area contributed by atoms with Gasteiger partial charge >= 0.3 is 0 Å². The number of nitrogens with zero attached hydrogens (tertiary/aromatic N) is 3. The van der Waals surface area contributed by atoms with Crippen LogP contribution in [0.1, 0.15) is 57.1 Å². The number of carbonyl (C=O) groups excluding carboxylic acids is 1. The van der Waals surface area contributed by atoms with Crippen LogP contribution in [-0.2, 0) is 17.9 Å². The van der Waals surface area contributed by atoms with E-state index in [1.165, 1.54) is 30.4 Å². The molecule has 3 fully saturated rings. The van der Waals surface area contributed by atoms with E-state index in [9.17, 15) is 4.79 Å². The van der Waals surface area contributed by atoms with E-state index in [1.807, 2.05) is 4.90 Å². The predicted molar refractivity (Wildman–Crippen MR) is 132 cm³/mol. The van der Waals surface area contributed by atoms with Crippen LogP contribution in [0.4, 0.5) is 0 Å². The number of carbonyl (C=O) groups is 1. The largest absolute Gasteiger partial charge is 0.357 e. The van der Waals surface area contributed by atoms with Crippen LogP contribution >= 0.6 is 24.0 Å². The maximum atomic E-state index is 11.9. The van der Waals surface area contributed by atoms with Gasteiger partial charge in [0.1, 0.15) is 0 Å². The summed E-state index contributed by atoms with van der Waals surface area (Å²) in [5, 5.41) is 7.05. The molecule has 0 aromatic heterocycles. The SMILES string of the molecule is CCNC(=NCc1cccc(CN2CCCC2=O)c1)NC1CC(C)N(C2CC2)C1.I. The summed E-state index contributed by atoms with van der Waals surface area (Å²) >= 11 is 0. The van der Waals surface area contributed by atoms with Crippen LogP contribution < -0.4 is 10.6 Å². The summed E-state index contributed by atoms with van der Waals surface area (Å²) in [6.07, 6.45) is 5.59. The highest BCUT2D eigenvalue weighted by molar-refractivity contribution is 14.0. The average molecular weight is 525 g/mol. The molecule has 30 heavy (non-hydrogen) atoms. The molecule has 1 aromatic carbocycles. The summed E-state index contributed by atoms with van der Waals surface area (Å²) in [6, 6.07) is 10.4. The van der Waals surface area contributed by atoms with Gasteiger partial charge in [-0.1, -0.05) is 24.3 Å². The number of hydrogen-bond acceptors (Lipinski definition) is 3. The van der Waals surface area contributed by atoms with Crippen molar-refractivity contribution in [3.8, 4) is 0 Å². The summed E-state index contributed by atoms with van der Waals surface area (Å²) in [6.45, 7) is 8.68. The maximum absolute atomic E-state index is 11.9. The summed E-state index contributed by atoms with van der Waals surface area (Å²) in [5.41, 5.74) is 2.38. The number of benzene rings is 1. The van der Waals surface area contributed by atoms with Crippen LogP contribution in [0.3, 0.4) is 0 Å². The van der Waals surface area contributed by atoms with Crippen molar-refractivity contribution in [3.63, 3.8) is 0 Å². The van der Waals surface area contributed by atoms with E-state index in [-0.39, 0.29) is 29.9 Å². The minimum atomic E-state index is 0. The molecule has 2 aliphatic heterocycles. The second kappa shape index (κ2) is 10.8. The number of aliphatic imine (C=N–C) groups is 1. The Kier molecular flexibility index (Phi) is 8.39. The van der Waals surface area contributed by atoms with Crippen molar-refractivity contribution in [2.75, 3.05) is 19.6 Å². The molecular weight excluding hydrogens is 489 g/mol. The Morgan fingerprint density at radius 2 is 2.07 bits per heavy atom. The number of amides is 1. The van der Waals surface area contributed by atoms with Crippen molar-refractivity contribution in [2.24, 2.45) is 4.99 Å². The van der Waals surface area contributed by atoms with Crippen molar-refractivity contribution >= 4 is 35.8 Å². The molecule has 7 heteroatoms.